The van der Waals surface area contributed by atoms with Gasteiger partial charge in [-0.25, -0.2) is 0 Å². The Morgan fingerprint density at radius 2 is 1.81 bits per heavy atom. The van der Waals surface area contributed by atoms with E-state index in [1.54, 1.807) is 36.4 Å². The van der Waals surface area contributed by atoms with Crippen LogP contribution in [0.2, 0.25) is 4.34 Å². The summed E-state index contributed by atoms with van der Waals surface area (Å²) in [5.41, 5.74) is 0.715. The van der Waals surface area contributed by atoms with Gasteiger partial charge in [-0.05, 0) is 38.1 Å². The molecule has 0 saturated carbocycles. The highest BCUT2D eigenvalue weighted by molar-refractivity contribution is 7.18. The lowest BCUT2D eigenvalue weighted by Crippen LogP contribution is -2.30. The number of carbonyl (C=O) groups is 4. The first-order valence-electron chi connectivity index (χ1n) is 8.16. The van der Waals surface area contributed by atoms with Crippen LogP contribution in [0.3, 0.4) is 0 Å². The predicted octanol–water partition coefficient (Wildman–Crippen LogP) is 4.14. The zero-order chi connectivity index (χ0) is 20.0. The molecule has 1 aromatic heterocycles. The lowest BCUT2D eigenvalue weighted by molar-refractivity contribution is -0.153. The average molecular weight is 408 g/mol. The number of ketones is 2. The van der Waals surface area contributed by atoms with E-state index in [0.717, 1.165) is 11.3 Å². The molecule has 0 aliphatic heterocycles. The molecular weight excluding hydrogens is 390 g/mol. The van der Waals surface area contributed by atoms with Crippen LogP contribution in [0, 0.1) is 0 Å². The predicted molar refractivity (Wildman–Crippen MR) is 104 cm³/mol. The maximum absolute atomic E-state index is 12.2. The van der Waals surface area contributed by atoms with Crippen LogP contribution in [0.1, 0.15) is 46.7 Å². The van der Waals surface area contributed by atoms with E-state index in [0.29, 0.717) is 20.5 Å². The van der Waals surface area contributed by atoms with Crippen molar-refractivity contribution in [2.45, 2.75) is 32.8 Å². The van der Waals surface area contributed by atoms with Crippen molar-refractivity contribution in [2.75, 3.05) is 5.32 Å². The van der Waals surface area contributed by atoms with Crippen LogP contribution in [0.15, 0.2) is 36.4 Å². The third kappa shape index (κ3) is 6.01. The Bertz CT molecular complexity index is 876. The number of hydrogen-bond acceptors (Lipinski definition) is 6. The Hall–Kier alpha value is -2.51. The molecule has 0 fully saturated rings. The lowest BCUT2D eigenvalue weighted by Gasteiger charge is -2.14. The third-order valence-electron chi connectivity index (χ3n) is 3.65. The number of amides is 1. The summed E-state index contributed by atoms with van der Waals surface area (Å²) in [5, 5.41) is 2.57. The standard InChI is InChI=1S/C19H18ClNO5S/c1-11(22)13-5-3-4-6-14(13)21-19(25)12(2)26-18(24)10-7-15(23)16-8-9-17(20)27-16/h3-6,8-9,12H,7,10H2,1-2H3,(H,21,25)/t12-/m1/s1. The minimum atomic E-state index is -1.07. The minimum Gasteiger partial charge on any atom is -0.453 e. The fourth-order valence-electron chi connectivity index (χ4n) is 2.25. The molecular formula is C19H18ClNO5S. The number of esters is 1. The number of carbonyl (C=O) groups excluding carboxylic acids is 4. The lowest BCUT2D eigenvalue weighted by atomic mass is 10.1. The molecule has 1 aromatic carbocycles. The van der Waals surface area contributed by atoms with Crippen molar-refractivity contribution in [3.05, 3.63) is 51.2 Å². The van der Waals surface area contributed by atoms with E-state index in [1.807, 2.05) is 0 Å². The van der Waals surface area contributed by atoms with Gasteiger partial charge in [-0.3, -0.25) is 19.2 Å². The van der Waals surface area contributed by atoms with Gasteiger partial charge in [0, 0.05) is 12.0 Å². The summed E-state index contributed by atoms with van der Waals surface area (Å²) < 4.78 is 5.56. The van der Waals surface area contributed by atoms with Crippen LogP contribution in [0.5, 0.6) is 0 Å². The molecule has 1 atom stereocenters. The quantitative estimate of drug-likeness (QED) is 0.524. The van der Waals surface area contributed by atoms with E-state index in [4.69, 9.17) is 16.3 Å². The van der Waals surface area contributed by atoms with Gasteiger partial charge in [-0.15, -0.1) is 11.3 Å². The molecule has 2 rings (SSSR count). The summed E-state index contributed by atoms with van der Waals surface area (Å²) in [6.07, 6.45) is -1.24. The van der Waals surface area contributed by atoms with Gasteiger partial charge in [0.25, 0.3) is 5.91 Å². The van der Waals surface area contributed by atoms with E-state index in [9.17, 15) is 19.2 Å². The molecule has 2 aromatic rings. The maximum Gasteiger partial charge on any atom is 0.307 e. The van der Waals surface area contributed by atoms with Gasteiger partial charge in [0.1, 0.15) is 0 Å². The molecule has 0 unspecified atom stereocenters. The Balaban J connectivity index is 1.86. The van der Waals surface area contributed by atoms with E-state index < -0.39 is 18.0 Å². The van der Waals surface area contributed by atoms with Crippen LogP contribution in [-0.4, -0.2) is 29.5 Å². The summed E-state index contributed by atoms with van der Waals surface area (Å²) in [7, 11) is 0. The fraction of sp³-hybridized carbons (Fsp3) is 0.263. The number of thiophene rings is 1. The summed E-state index contributed by atoms with van der Waals surface area (Å²) in [5.74, 6) is -1.62. The molecule has 0 aliphatic carbocycles. The van der Waals surface area contributed by atoms with Crippen molar-refractivity contribution in [2.24, 2.45) is 0 Å². The van der Waals surface area contributed by atoms with Crippen molar-refractivity contribution >= 4 is 52.1 Å². The van der Waals surface area contributed by atoms with Crippen molar-refractivity contribution in [1.29, 1.82) is 0 Å². The van der Waals surface area contributed by atoms with Crippen molar-refractivity contribution < 1.29 is 23.9 Å². The molecule has 142 valence electrons. The molecule has 27 heavy (non-hydrogen) atoms. The average Bonchev–Trinajstić information content (AvgIpc) is 3.06. The molecule has 0 radical (unpaired) electrons. The van der Waals surface area contributed by atoms with Crippen molar-refractivity contribution in [3.63, 3.8) is 0 Å². The van der Waals surface area contributed by atoms with Crippen molar-refractivity contribution in [3.8, 4) is 0 Å². The molecule has 0 bridgehead atoms. The third-order valence-corrected chi connectivity index (χ3v) is 4.92. The van der Waals surface area contributed by atoms with Crippen LogP contribution in [-0.2, 0) is 14.3 Å². The smallest absolute Gasteiger partial charge is 0.307 e. The number of halogens is 1. The number of rotatable bonds is 8. The number of anilines is 1. The number of nitrogens with one attached hydrogen (secondary N) is 1. The Labute approximate surface area is 165 Å². The molecule has 1 N–H and O–H groups in total. The Morgan fingerprint density at radius 1 is 1.11 bits per heavy atom. The molecule has 0 aliphatic rings. The van der Waals surface area contributed by atoms with E-state index >= 15 is 0 Å². The van der Waals surface area contributed by atoms with Crippen LogP contribution >= 0.6 is 22.9 Å². The number of ether oxygens (including phenoxy) is 1. The SMILES string of the molecule is CC(=O)c1ccccc1NC(=O)[C@@H](C)OC(=O)CCC(=O)c1ccc(Cl)s1. The molecule has 8 heteroatoms. The van der Waals surface area contributed by atoms with E-state index in [1.165, 1.54) is 13.8 Å². The van der Waals surface area contributed by atoms with Gasteiger partial charge in [0.15, 0.2) is 17.7 Å². The first kappa shape index (κ1) is 20.8. The summed E-state index contributed by atoms with van der Waals surface area (Å²) in [6.45, 7) is 2.82. The molecule has 0 saturated heterocycles. The zero-order valence-corrected chi connectivity index (χ0v) is 16.4. The monoisotopic (exact) mass is 407 g/mol. The van der Waals surface area contributed by atoms with Crippen LogP contribution in [0.4, 0.5) is 5.69 Å². The van der Waals surface area contributed by atoms with E-state index in [-0.39, 0.29) is 24.4 Å². The number of Topliss-reactive ketones (excluding diaryl/α,β-unsaturated/α-hetero) is 2. The van der Waals surface area contributed by atoms with Crippen LogP contribution in [0.25, 0.3) is 0 Å². The van der Waals surface area contributed by atoms with Crippen molar-refractivity contribution in [1.82, 2.24) is 0 Å². The zero-order valence-electron chi connectivity index (χ0n) is 14.8. The summed E-state index contributed by atoms with van der Waals surface area (Å²) >= 11 is 6.92. The largest absolute Gasteiger partial charge is 0.453 e. The van der Waals surface area contributed by atoms with Gasteiger partial charge >= 0.3 is 5.97 Å². The molecule has 1 amide bonds. The molecule has 0 spiro atoms. The molecule has 1 heterocycles. The topological polar surface area (TPSA) is 89.5 Å². The van der Waals surface area contributed by atoms with Gasteiger partial charge in [0.05, 0.1) is 21.3 Å². The second-order valence-corrected chi connectivity index (χ2v) is 7.47. The normalized spacial score (nSPS) is 11.5. The number of hydrogen-bond donors (Lipinski definition) is 1. The number of para-hydroxylation sites is 1. The second-order valence-electron chi connectivity index (χ2n) is 5.75. The highest BCUT2D eigenvalue weighted by Gasteiger charge is 2.20. The second kappa shape index (κ2) is 9.43. The van der Waals surface area contributed by atoms with Crippen LogP contribution < -0.4 is 5.32 Å². The van der Waals surface area contributed by atoms with Gasteiger partial charge < -0.3 is 10.1 Å². The number of benzene rings is 1. The summed E-state index contributed by atoms with van der Waals surface area (Å²) in [6, 6.07) is 9.77. The Morgan fingerprint density at radius 3 is 2.44 bits per heavy atom. The highest BCUT2D eigenvalue weighted by atomic mass is 35.5. The summed E-state index contributed by atoms with van der Waals surface area (Å²) in [4.78, 5) is 48.1. The highest BCUT2D eigenvalue weighted by Crippen LogP contribution is 2.23. The van der Waals surface area contributed by atoms with Gasteiger partial charge in [-0.1, -0.05) is 23.7 Å². The van der Waals surface area contributed by atoms with Gasteiger partial charge in [0.2, 0.25) is 0 Å². The first-order valence-corrected chi connectivity index (χ1v) is 9.36. The van der Waals surface area contributed by atoms with E-state index in [2.05, 4.69) is 5.32 Å². The Kier molecular flexibility index (Phi) is 7.27. The minimum absolute atomic E-state index is 0.0306. The van der Waals surface area contributed by atoms with Gasteiger partial charge in [-0.2, -0.15) is 0 Å². The molecule has 6 nitrogen and oxygen atoms in total. The first-order chi connectivity index (χ1) is 12.8. The maximum atomic E-state index is 12.2. The fourth-order valence-corrected chi connectivity index (χ4v) is 3.26.